The van der Waals surface area contributed by atoms with Gasteiger partial charge in [-0.25, -0.2) is 4.79 Å². The van der Waals surface area contributed by atoms with E-state index in [1.54, 1.807) is 31.2 Å². The Balaban J connectivity index is 1.85. The standard InChI is InChI=1S/C24H21Cl2NO4S/c1-3-30-17-9-7-16(8-10-17)18-14-32-23(22(18)24(29)31-4-2)27-21(28)12-6-15-5-11-19(25)20(26)13-15/h5-14H,3-4H2,1-2H3,(H,27,28). The smallest absolute Gasteiger partial charge is 0.341 e. The monoisotopic (exact) mass is 489 g/mol. The molecule has 1 N–H and O–H groups in total. The van der Waals surface area contributed by atoms with Crippen molar-refractivity contribution in [1.82, 2.24) is 0 Å². The van der Waals surface area contributed by atoms with E-state index in [0.717, 1.165) is 16.9 Å². The highest BCUT2D eigenvalue weighted by atomic mass is 35.5. The predicted octanol–water partition coefficient (Wildman–Crippen LogP) is 6.95. The molecule has 3 aromatic rings. The molecule has 0 saturated heterocycles. The molecule has 32 heavy (non-hydrogen) atoms. The van der Waals surface area contributed by atoms with E-state index in [0.29, 0.717) is 32.8 Å². The number of thiophene rings is 1. The summed E-state index contributed by atoms with van der Waals surface area (Å²) in [5.41, 5.74) is 2.54. The number of amides is 1. The zero-order chi connectivity index (χ0) is 23.1. The first-order valence-corrected chi connectivity index (χ1v) is 11.5. The van der Waals surface area contributed by atoms with E-state index in [-0.39, 0.29) is 12.5 Å². The number of benzene rings is 2. The zero-order valence-corrected chi connectivity index (χ0v) is 19.8. The molecule has 0 radical (unpaired) electrons. The SMILES string of the molecule is CCOC(=O)c1c(-c2ccc(OCC)cc2)csc1NC(=O)C=Cc1ccc(Cl)c(Cl)c1. The van der Waals surface area contributed by atoms with Gasteiger partial charge < -0.3 is 14.8 Å². The van der Waals surface area contributed by atoms with Crippen molar-refractivity contribution in [1.29, 1.82) is 0 Å². The van der Waals surface area contributed by atoms with Gasteiger partial charge in [0, 0.05) is 17.0 Å². The fourth-order valence-corrected chi connectivity index (χ4v) is 4.17. The van der Waals surface area contributed by atoms with Crippen LogP contribution in [0.3, 0.4) is 0 Å². The van der Waals surface area contributed by atoms with Crippen molar-refractivity contribution in [3.8, 4) is 16.9 Å². The van der Waals surface area contributed by atoms with Crippen LogP contribution in [0, 0.1) is 0 Å². The summed E-state index contributed by atoms with van der Waals surface area (Å²) in [5.74, 6) is -0.145. The van der Waals surface area contributed by atoms with Gasteiger partial charge in [0.15, 0.2) is 0 Å². The second-order valence-corrected chi connectivity index (χ2v) is 8.22. The second-order valence-electron chi connectivity index (χ2n) is 6.53. The number of esters is 1. The van der Waals surface area contributed by atoms with Crippen molar-refractivity contribution in [3.63, 3.8) is 0 Å². The van der Waals surface area contributed by atoms with Crippen LogP contribution in [0.1, 0.15) is 29.8 Å². The minimum absolute atomic E-state index is 0.224. The van der Waals surface area contributed by atoms with Gasteiger partial charge in [-0.15, -0.1) is 11.3 Å². The van der Waals surface area contributed by atoms with Crippen molar-refractivity contribution in [2.45, 2.75) is 13.8 Å². The number of halogens is 2. The van der Waals surface area contributed by atoms with Gasteiger partial charge in [-0.3, -0.25) is 4.79 Å². The van der Waals surface area contributed by atoms with Gasteiger partial charge in [-0.1, -0.05) is 41.4 Å². The molecule has 0 atom stereocenters. The van der Waals surface area contributed by atoms with Crippen LogP contribution in [-0.2, 0) is 9.53 Å². The third-order valence-corrected chi connectivity index (χ3v) is 5.99. The first kappa shape index (κ1) is 23.9. The van der Waals surface area contributed by atoms with Gasteiger partial charge in [0.05, 0.1) is 23.3 Å². The van der Waals surface area contributed by atoms with Gasteiger partial charge in [-0.05, 0) is 55.3 Å². The third kappa shape index (κ3) is 5.91. The number of carbonyl (C=O) groups is 2. The first-order valence-electron chi connectivity index (χ1n) is 9.88. The topological polar surface area (TPSA) is 64.6 Å². The molecule has 0 saturated carbocycles. The fraction of sp³-hybridized carbons (Fsp3) is 0.167. The van der Waals surface area contributed by atoms with Crippen molar-refractivity contribution in [2.24, 2.45) is 0 Å². The fourth-order valence-electron chi connectivity index (χ4n) is 2.91. The molecule has 0 aliphatic rings. The van der Waals surface area contributed by atoms with Crippen LogP contribution in [0.2, 0.25) is 10.0 Å². The Morgan fingerprint density at radius 2 is 1.78 bits per heavy atom. The molecule has 0 bridgehead atoms. The molecule has 0 aliphatic heterocycles. The van der Waals surface area contributed by atoms with E-state index < -0.39 is 5.97 Å². The lowest BCUT2D eigenvalue weighted by molar-refractivity contribution is -0.111. The van der Waals surface area contributed by atoms with Crippen LogP contribution in [-0.4, -0.2) is 25.1 Å². The summed E-state index contributed by atoms with van der Waals surface area (Å²) < 4.78 is 10.7. The second kappa shape index (κ2) is 11.2. The predicted molar refractivity (Wildman–Crippen MR) is 131 cm³/mol. The lowest BCUT2D eigenvalue weighted by atomic mass is 10.0. The summed E-state index contributed by atoms with van der Waals surface area (Å²) in [4.78, 5) is 25.2. The molecule has 3 rings (SSSR count). The van der Waals surface area contributed by atoms with Crippen LogP contribution < -0.4 is 10.1 Å². The minimum atomic E-state index is -0.499. The summed E-state index contributed by atoms with van der Waals surface area (Å²) in [6.07, 6.45) is 2.98. The number of hydrogen-bond acceptors (Lipinski definition) is 5. The van der Waals surface area contributed by atoms with E-state index >= 15 is 0 Å². The van der Waals surface area contributed by atoms with E-state index in [9.17, 15) is 9.59 Å². The van der Waals surface area contributed by atoms with Crippen LogP contribution >= 0.6 is 34.5 Å². The van der Waals surface area contributed by atoms with Crippen LogP contribution in [0.5, 0.6) is 5.75 Å². The summed E-state index contributed by atoms with van der Waals surface area (Å²) in [6.45, 7) is 4.44. The molecule has 1 aromatic heterocycles. The molecule has 0 fully saturated rings. The molecule has 166 valence electrons. The third-order valence-electron chi connectivity index (χ3n) is 4.35. The van der Waals surface area contributed by atoms with E-state index in [1.807, 2.05) is 36.6 Å². The number of anilines is 1. The van der Waals surface area contributed by atoms with Crippen molar-refractivity contribution >= 4 is 57.5 Å². The van der Waals surface area contributed by atoms with Gasteiger partial charge in [0.1, 0.15) is 16.3 Å². The maximum absolute atomic E-state index is 12.7. The molecule has 1 amide bonds. The van der Waals surface area contributed by atoms with Crippen LogP contribution in [0.15, 0.2) is 53.9 Å². The average Bonchev–Trinajstić information content (AvgIpc) is 3.19. The van der Waals surface area contributed by atoms with Gasteiger partial charge >= 0.3 is 5.97 Å². The Morgan fingerprint density at radius 3 is 2.44 bits per heavy atom. The molecule has 5 nitrogen and oxygen atoms in total. The van der Waals surface area contributed by atoms with Crippen molar-refractivity contribution in [3.05, 3.63) is 75.1 Å². The quantitative estimate of drug-likeness (QED) is 0.274. The maximum atomic E-state index is 12.7. The average molecular weight is 490 g/mol. The lowest BCUT2D eigenvalue weighted by Gasteiger charge is -2.09. The Morgan fingerprint density at radius 1 is 1.03 bits per heavy atom. The van der Waals surface area contributed by atoms with Crippen LogP contribution in [0.4, 0.5) is 5.00 Å². The highest BCUT2D eigenvalue weighted by Crippen LogP contribution is 2.37. The number of carbonyl (C=O) groups excluding carboxylic acids is 2. The number of hydrogen-bond donors (Lipinski definition) is 1. The highest BCUT2D eigenvalue weighted by molar-refractivity contribution is 7.15. The van der Waals surface area contributed by atoms with E-state index in [2.05, 4.69) is 5.32 Å². The normalized spacial score (nSPS) is 10.9. The Bertz CT molecular complexity index is 1140. The van der Waals surface area contributed by atoms with Gasteiger partial charge in [0.25, 0.3) is 0 Å². The molecule has 0 aliphatic carbocycles. The zero-order valence-electron chi connectivity index (χ0n) is 17.5. The molecular weight excluding hydrogens is 469 g/mol. The molecule has 8 heteroatoms. The molecule has 0 unspecified atom stereocenters. The number of nitrogens with one attached hydrogen (secondary N) is 1. The maximum Gasteiger partial charge on any atom is 0.341 e. The van der Waals surface area contributed by atoms with E-state index in [4.69, 9.17) is 32.7 Å². The summed E-state index contributed by atoms with van der Waals surface area (Å²) in [6, 6.07) is 12.5. The molecule has 0 spiro atoms. The minimum Gasteiger partial charge on any atom is -0.494 e. The summed E-state index contributed by atoms with van der Waals surface area (Å²) in [7, 11) is 0. The Kier molecular flexibility index (Phi) is 8.33. The molecular formula is C24H21Cl2NO4S. The molecule has 1 heterocycles. The first-order chi connectivity index (χ1) is 15.4. The van der Waals surface area contributed by atoms with Crippen molar-refractivity contribution in [2.75, 3.05) is 18.5 Å². The Hall–Kier alpha value is -2.80. The highest BCUT2D eigenvalue weighted by Gasteiger charge is 2.22. The largest absolute Gasteiger partial charge is 0.494 e. The van der Waals surface area contributed by atoms with E-state index in [1.165, 1.54) is 17.4 Å². The van der Waals surface area contributed by atoms with Gasteiger partial charge in [0.2, 0.25) is 5.91 Å². The van der Waals surface area contributed by atoms with Crippen LogP contribution in [0.25, 0.3) is 17.2 Å². The molecule has 2 aromatic carbocycles. The summed E-state index contributed by atoms with van der Waals surface area (Å²) >= 11 is 13.2. The van der Waals surface area contributed by atoms with Gasteiger partial charge in [-0.2, -0.15) is 0 Å². The van der Waals surface area contributed by atoms with Crippen molar-refractivity contribution < 1.29 is 19.1 Å². The Labute approximate surface area is 200 Å². The number of rotatable bonds is 8. The number of ether oxygens (including phenoxy) is 2. The summed E-state index contributed by atoms with van der Waals surface area (Å²) in [5, 5.41) is 5.85. The lowest BCUT2D eigenvalue weighted by Crippen LogP contribution is -2.12.